The van der Waals surface area contributed by atoms with Gasteiger partial charge in [0.15, 0.2) is 6.61 Å². The van der Waals surface area contributed by atoms with Crippen molar-refractivity contribution in [1.29, 1.82) is 0 Å². The fourth-order valence-corrected chi connectivity index (χ4v) is 3.00. The topological polar surface area (TPSA) is 150 Å². The van der Waals surface area contributed by atoms with Crippen LogP contribution in [0.2, 0.25) is 0 Å². The number of nitro groups is 2. The van der Waals surface area contributed by atoms with Gasteiger partial charge in [-0.05, 0) is 12.1 Å². The number of nitro benzene ring substituents is 2. The lowest BCUT2D eigenvalue weighted by Crippen LogP contribution is -2.27. The first-order valence-corrected chi connectivity index (χ1v) is 8.75. The first-order chi connectivity index (χ1) is 14.3. The lowest BCUT2D eigenvalue weighted by atomic mass is 10.1. The van der Waals surface area contributed by atoms with Gasteiger partial charge in [0, 0.05) is 48.5 Å². The van der Waals surface area contributed by atoms with Gasteiger partial charge in [-0.15, -0.1) is 0 Å². The summed E-state index contributed by atoms with van der Waals surface area (Å²) in [6.45, 7) is -0.595. The highest BCUT2D eigenvalue weighted by atomic mass is 16.6. The molecule has 1 amide bonds. The Hall–Kier alpha value is -4.15. The predicted molar refractivity (Wildman–Crippen MR) is 102 cm³/mol. The number of rotatable bonds is 7. The second-order valence-electron chi connectivity index (χ2n) is 6.52. The molecule has 154 valence electrons. The molecule has 1 fully saturated rings. The van der Waals surface area contributed by atoms with Crippen LogP contribution < -0.4 is 4.90 Å². The summed E-state index contributed by atoms with van der Waals surface area (Å²) in [5.41, 5.74) is 0.0638. The summed E-state index contributed by atoms with van der Waals surface area (Å²) in [7, 11) is 0. The molecule has 11 nitrogen and oxygen atoms in total. The summed E-state index contributed by atoms with van der Waals surface area (Å²) >= 11 is 0. The Morgan fingerprint density at radius 3 is 2.33 bits per heavy atom. The van der Waals surface area contributed by atoms with E-state index in [-0.39, 0.29) is 35.8 Å². The Bertz CT molecular complexity index is 1030. The second-order valence-corrected chi connectivity index (χ2v) is 6.52. The highest BCUT2D eigenvalue weighted by Crippen LogP contribution is 2.27. The fourth-order valence-electron chi connectivity index (χ4n) is 3.00. The zero-order valence-corrected chi connectivity index (χ0v) is 15.4. The zero-order chi connectivity index (χ0) is 21.8. The molecule has 1 saturated heterocycles. The molecule has 0 radical (unpaired) electrons. The molecule has 0 unspecified atom stereocenters. The summed E-state index contributed by atoms with van der Waals surface area (Å²) < 4.78 is 5.00. The number of hydrogen-bond acceptors (Lipinski definition) is 8. The summed E-state index contributed by atoms with van der Waals surface area (Å²) in [6, 6.07) is 10.4. The third-order valence-electron chi connectivity index (χ3n) is 4.56. The maximum absolute atomic E-state index is 12.3. The van der Waals surface area contributed by atoms with Gasteiger partial charge in [0.2, 0.25) is 11.7 Å². The summed E-state index contributed by atoms with van der Waals surface area (Å²) in [6.07, 6.45) is -0.124. The van der Waals surface area contributed by atoms with Crippen LogP contribution in [0.5, 0.6) is 0 Å². The third-order valence-corrected chi connectivity index (χ3v) is 4.56. The van der Waals surface area contributed by atoms with Crippen LogP contribution in [0.15, 0.2) is 48.5 Å². The molecule has 1 atom stereocenters. The highest BCUT2D eigenvalue weighted by molar-refractivity contribution is 6.01. The van der Waals surface area contributed by atoms with Crippen molar-refractivity contribution in [3.05, 3.63) is 74.3 Å². The number of amides is 1. The molecule has 11 heteroatoms. The van der Waals surface area contributed by atoms with Gasteiger partial charge < -0.3 is 9.64 Å². The monoisotopic (exact) mass is 413 g/mol. The van der Waals surface area contributed by atoms with Gasteiger partial charge in [0.25, 0.3) is 11.4 Å². The molecule has 30 heavy (non-hydrogen) atoms. The van der Waals surface area contributed by atoms with E-state index in [9.17, 15) is 34.6 Å². The number of nitrogens with zero attached hydrogens (tertiary/aromatic N) is 3. The molecule has 0 N–H and O–H groups in total. The van der Waals surface area contributed by atoms with Gasteiger partial charge in [-0.3, -0.25) is 34.6 Å². The van der Waals surface area contributed by atoms with E-state index in [2.05, 4.69) is 0 Å². The largest absolute Gasteiger partial charge is 0.457 e. The average Bonchev–Trinajstić information content (AvgIpc) is 3.13. The van der Waals surface area contributed by atoms with Crippen molar-refractivity contribution in [3.63, 3.8) is 0 Å². The molecule has 0 aliphatic carbocycles. The van der Waals surface area contributed by atoms with Crippen LogP contribution in [0.3, 0.4) is 0 Å². The lowest BCUT2D eigenvalue weighted by molar-refractivity contribution is -0.385. The van der Waals surface area contributed by atoms with Gasteiger partial charge in [-0.2, -0.15) is 0 Å². The van der Waals surface area contributed by atoms with Gasteiger partial charge >= 0.3 is 5.97 Å². The van der Waals surface area contributed by atoms with Crippen molar-refractivity contribution in [2.45, 2.75) is 6.42 Å². The number of hydrogen-bond donors (Lipinski definition) is 0. The van der Waals surface area contributed by atoms with Crippen molar-refractivity contribution in [2.24, 2.45) is 5.92 Å². The Kier molecular flexibility index (Phi) is 5.81. The van der Waals surface area contributed by atoms with Crippen LogP contribution in [0.25, 0.3) is 0 Å². The smallest absolute Gasteiger partial charge is 0.311 e. The van der Waals surface area contributed by atoms with Gasteiger partial charge in [-0.25, -0.2) is 0 Å². The van der Waals surface area contributed by atoms with Gasteiger partial charge in [0.1, 0.15) is 0 Å². The molecule has 1 aliphatic rings. The zero-order valence-electron chi connectivity index (χ0n) is 15.4. The maximum Gasteiger partial charge on any atom is 0.311 e. The molecule has 1 heterocycles. The van der Waals surface area contributed by atoms with E-state index in [1.807, 2.05) is 0 Å². The molecule has 0 bridgehead atoms. The van der Waals surface area contributed by atoms with E-state index < -0.39 is 34.1 Å². The Labute approximate surface area is 169 Å². The number of anilines is 1. The van der Waals surface area contributed by atoms with E-state index in [1.54, 1.807) is 0 Å². The van der Waals surface area contributed by atoms with Crippen molar-refractivity contribution < 1.29 is 29.0 Å². The summed E-state index contributed by atoms with van der Waals surface area (Å²) in [4.78, 5) is 58.3. The Morgan fingerprint density at radius 2 is 1.70 bits per heavy atom. The van der Waals surface area contributed by atoms with Gasteiger partial charge in [-0.1, -0.05) is 12.1 Å². The van der Waals surface area contributed by atoms with Crippen molar-refractivity contribution in [3.8, 4) is 0 Å². The molecule has 0 saturated carbocycles. The standard InChI is InChI=1S/C19H15N3O8/c23-17(12-2-1-3-16(8-12)22(28)29)11-30-19(25)13-9-18(24)20(10-13)14-4-6-15(7-5-14)21(26)27/h1-8,13H,9-11H2/t13-/m0/s1. The lowest BCUT2D eigenvalue weighted by Gasteiger charge is -2.16. The Morgan fingerprint density at radius 1 is 1.03 bits per heavy atom. The summed E-state index contributed by atoms with van der Waals surface area (Å²) in [5.74, 6) is -2.50. The highest BCUT2D eigenvalue weighted by Gasteiger charge is 2.36. The minimum Gasteiger partial charge on any atom is -0.457 e. The average molecular weight is 413 g/mol. The SMILES string of the molecule is O=C(COC(=O)[C@H]1CC(=O)N(c2ccc([N+](=O)[O-])cc2)C1)c1cccc([N+](=O)[O-])c1. The van der Waals surface area contributed by atoms with Crippen LogP contribution in [0.4, 0.5) is 17.1 Å². The predicted octanol–water partition coefficient (Wildman–Crippen LogP) is 2.28. The minimum absolute atomic E-state index is 0.0144. The number of ketones is 1. The second kappa shape index (κ2) is 8.47. The molecular formula is C19H15N3O8. The number of esters is 1. The third kappa shape index (κ3) is 4.46. The first-order valence-electron chi connectivity index (χ1n) is 8.75. The van der Waals surface area contributed by atoms with Crippen molar-refractivity contribution >= 4 is 34.7 Å². The number of carbonyl (C=O) groups excluding carboxylic acids is 3. The number of benzene rings is 2. The molecule has 0 spiro atoms. The number of ether oxygens (including phenoxy) is 1. The van der Waals surface area contributed by atoms with E-state index in [4.69, 9.17) is 4.74 Å². The molecule has 3 rings (SSSR count). The molecule has 2 aromatic carbocycles. The van der Waals surface area contributed by atoms with Crippen molar-refractivity contribution in [1.82, 2.24) is 0 Å². The molecular weight excluding hydrogens is 398 g/mol. The van der Waals surface area contributed by atoms with E-state index >= 15 is 0 Å². The number of Topliss-reactive ketones (excluding diaryl/α,β-unsaturated/α-hetero) is 1. The molecule has 0 aromatic heterocycles. The minimum atomic E-state index is -0.800. The number of carbonyl (C=O) groups is 3. The first kappa shape index (κ1) is 20.6. The van der Waals surface area contributed by atoms with Crippen LogP contribution in [0.1, 0.15) is 16.8 Å². The van der Waals surface area contributed by atoms with Crippen LogP contribution in [0, 0.1) is 26.1 Å². The Balaban J connectivity index is 1.59. The van der Waals surface area contributed by atoms with Crippen LogP contribution in [-0.4, -0.2) is 40.7 Å². The number of non-ortho nitro benzene ring substituents is 2. The normalized spacial score (nSPS) is 15.7. The van der Waals surface area contributed by atoms with E-state index in [1.165, 1.54) is 47.4 Å². The molecule has 2 aromatic rings. The van der Waals surface area contributed by atoms with Gasteiger partial charge in [0.05, 0.1) is 15.8 Å². The van der Waals surface area contributed by atoms with Crippen molar-refractivity contribution in [2.75, 3.05) is 18.1 Å². The van der Waals surface area contributed by atoms with E-state index in [0.29, 0.717) is 5.69 Å². The molecule has 1 aliphatic heterocycles. The van der Waals surface area contributed by atoms with Crippen LogP contribution in [-0.2, 0) is 14.3 Å². The summed E-state index contributed by atoms with van der Waals surface area (Å²) in [5, 5.41) is 21.5. The van der Waals surface area contributed by atoms with Crippen LogP contribution >= 0.6 is 0 Å². The quantitative estimate of drug-likeness (QED) is 0.290. The van der Waals surface area contributed by atoms with E-state index in [0.717, 1.165) is 6.07 Å². The fraction of sp³-hybridized carbons (Fsp3) is 0.211. The maximum atomic E-state index is 12.3.